The topological polar surface area (TPSA) is 29.8 Å². The lowest BCUT2D eigenvalue weighted by Gasteiger charge is -2.15. The van der Waals surface area contributed by atoms with Gasteiger partial charge >= 0.3 is 0 Å². The Balaban J connectivity index is 1.51. The molecule has 0 atom stereocenters. The molecule has 0 aliphatic heterocycles. The molecule has 0 amide bonds. The molecule has 0 bridgehead atoms. The van der Waals surface area contributed by atoms with Crippen LogP contribution in [0.4, 0.5) is 0 Å². The maximum atomic E-state index is 5.19. The van der Waals surface area contributed by atoms with Crippen molar-refractivity contribution in [2.24, 2.45) is 0 Å². The van der Waals surface area contributed by atoms with Crippen LogP contribution in [-0.4, -0.2) is 35.0 Å². The summed E-state index contributed by atoms with van der Waals surface area (Å²) in [5, 5.41) is 0. The fourth-order valence-electron chi connectivity index (χ4n) is 2.98. The van der Waals surface area contributed by atoms with Crippen LogP contribution in [0, 0.1) is 6.92 Å². The van der Waals surface area contributed by atoms with Gasteiger partial charge in [0.2, 0.25) is 0 Å². The number of imidazole rings is 1. The van der Waals surface area contributed by atoms with Gasteiger partial charge in [-0.15, -0.1) is 0 Å². The number of benzene rings is 1. The van der Waals surface area contributed by atoms with Gasteiger partial charge in [-0.25, -0.2) is 4.98 Å². The smallest absolute Gasteiger partial charge is 0.137 e. The average molecular weight is 323 g/mol. The number of ether oxygens (including phenoxy) is 1. The predicted octanol–water partition coefficient (Wildman–Crippen LogP) is 3.72. The molecule has 24 heavy (non-hydrogen) atoms. The van der Waals surface area contributed by atoms with Crippen molar-refractivity contribution < 1.29 is 4.74 Å². The maximum Gasteiger partial charge on any atom is 0.137 e. The van der Waals surface area contributed by atoms with Crippen molar-refractivity contribution in [3.63, 3.8) is 0 Å². The Labute approximate surface area is 143 Å². The summed E-state index contributed by atoms with van der Waals surface area (Å²) in [6, 6.07) is 14.6. The van der Waals surface area contributed by atoms with E-state index in [2.05, 4.69) is 59.8 Å². The number of methoxy groups -OCH3 is 1. The van der Waals surface area contributed by atoms with Crippen molar-refractivity contribution >= 4 is 5.65 Å². The van der Waals surface area contributed by atoms with Crippen LogP contribution < -0.4 is 4.74 Å². The molecule has 0 unspecified atom stereocenters. The third-order valence-electron chi connectivity index (χ3n) is 4.34. The molecule has 0 saturated carbocycles. The van der Waals surface area contributed by atoms with Crippen LogP contribution in [-0.2, 0) is 13.0 Å². The number of aromatic nitrogens is 2. The van der Waals surface area contributed by atoms with Crippen LogP contribution in [0.2, 0.25) is 0 Å². The molecule has 3 aromatic rings. The zero-order valence-corrected chi connectivity index (χ0v) is 14.7. The number of nitrogens with zero attached hydrogens (tertiary/aromatic N) is 3. The number of rotatable bonds is 7. The van der Waals surface area contributed by atoms with Gasteiger partial charge in [0.15, 0.2) is 0 Å². The summed E-state index contributed by atoms with van der Waals surface area (Å²) in [5.74, 6) is 0.915. The van der Waals surface area contributed by atoms with E-state index in [4.69, 9.17) is 9.72 Å². The fourth-order valence-corrected chi connectivity index (χ4v) is 2.98. The lowest BCUT2D eigenvalue weighted by atomic mass is 10.1. The molecule has 2 aromatic heterocycles. The summed E-state index contributed by atoms with van der Waals surface area (Å²) in [5.41, 5.74) is 4.72. The number of hydrogen-bond donors (Lipinski definition) is 0. The first-order chi connectivity index (χ1) is 11.7. The molecule has 2 heterocycles. The summed E-state index contributed by atoms with van der Waals surface area (Å²) in [7, 11) is 3.86. The minimum absolute atomic E-state index is 0.879. The van der Waals surface area contributed by atoms with Gasteiger partial charge in [0.1, 0.15) is 11.4 Å². The van der Waals surface area contributed by atoms with Crippen LogP contribution in [0.1, 0.15) is 23.4 Å². The zero-order valence-electron chi connectivity index (χ0n) is 14.7. The molecule has 0 radical (unpaired) electrons. The molecule has 3 rings (SSSR count). The lowest BCUT2D eigenvalue weighted by Crippen LogP contribution is -2.19. The van der Waals surface area contributed by atoms with E-state index in [-0.39, 0.29) is 0 Å². The van der Waals surface area contributed by atoms with Crippen molar-refractivity contribution in [1.82, 2.24) is 14.3 Å². The largest absolute Gasteiger partial charge is 0.497 e. The number of fused-ring (bicyclic) bond motifs is 1. The molecule has 0 aliphatic carbocycles. The Hall–Kier alpha value is -2.33. The van der Waals surface area contributed by atoms with Gasteiger partial charge in [-0.1, -0.05) is 18.2 Å². The zero-order chi connectivity index (χ0) is 16.9. The van der Waals surface area contributed by atoms with E-state index in [1.165, 1.54) is 11.3 Å². The first-order valence-electron chi connectivity index (χ1n) is 8.41. The standard InChI is InChI=1S/C20H25N3O/c1-16-6-4-8-20-21-18(15-23(16)20)14-22(2)13-5-7-17-9-11-19(24-3)12-10-17/h4,6,8-12,15H,5,7,13-14H2,1-3H3. The Kier molecular flexibility index (Phi) is 5.16. The molecule has 0 spiro atoms. The van der Waals surface area contributed by atoms with Crippen LogP contribution >= 0.6 is 0 Å². The van der Waals surface area contributed by atoms with Crippen molar-refractivity contribution in [3.05, 3.63) is 65.6 Å². The second kappa shape index (κ2) is 7.49. The third-order valence-corrected chi connectivity index (χ3v) is 4.34. The van der Waals surface area contributed by atoms with Gasteiger partial charge in [0.25, 0.3) is 0 Å². The van der Waals surface area contributed by atoms with Crippen LogP contribution in [0.25, 0.3) is 5.65 Å². The molecule has 0 N–H and O–H groups in total. The van der Waals surface area contributed by atoms with Gasteiger partial charge in [-0.3, -0.25) is 0 Å². The van der Waals surface area contributed by atoms with Crippen LogP contribution in [0.5, 0.6) is 5.75 Å². The highest BCUT2D eigenvalue weighted by molar-refractivity contribution is 5.41. The van der Waals surface area contributed by atoms with E-state index in [0.29, 0.717) is 0 Å². The molecular weight excluding hydrogens is 298 g/mol. The van der Waals surface area contributed by atoms with Gasteiger partial charge in [-0.2, -0.15) is 0 Å². The van der Waals surface area contributed by atoms with Crippen LogP contribution in [0.3, 0.4) is 0 Å². The van der Waals surface area contributed by atoms with Gasteiger partial charge in [-0.05, 0) is 63.2 Å². The van der Waals surface area contributed by atoms with Gasteiger partial charge in [0.05, 0.1) is 12.8 Å². The highest BCUT2D eigenvalue weighted by Crippen LogP contribution is 2.13. The highest BCUT2D eigenvalue weighted by atomic mass is 16.5. The molecule has 126 valence electrons. The monoisotopic (exact) mass is 323 g/mol. The lowest BCUT2D eigenvalue weighted by molar-refractivity contribution is 0.319. The molecule has 0 saturated heterocycles. The SMILES string of the molecule is COc1ccc(CCCN(C)Cc2cn3c(C)cccc3n2)cc1. The van der Waals surface area contributed by atoms with Crippen molar-refractivity contribution in [3.8, 4) is 5.75 Å². The number of pyridine rings is 1. The average Bonchev–Trinajstić information content (AvgIpc) is 2.99. The van der Waals surface area contributed by atoms with E-state index in [1.807, 2.05) is 12.1 Å². The fraction of sp³-hybridized carbons (Fsp3) is 0.350. The normalized spacial score (nSPS) is 11.3. The quantitative estimate of drug-likeness (QED) is 0.664. The third kappa shape index (κ3) is 3.95. The Morgan fingerprint density at radius 1 is 1.12 bits per heavy atom. The molecule has 0 aliphatic rings. The van der Waals surface area contributed by atoms with E-state index < -0.39 is 0 Å². The molecule has 0 fully saturated rings. The van der Waals surface area contributed by atoms with E-state index in [0.717, 1.165) is 43.0 Å². The molecule has 1 aromatic carbocycles. The molecule has 4 heteroatoms. The summed E-state index contributed by atoms with van der Waals surface area (Å²) in [6.45, 7) is 4.04. The summed E-state index contributed by atoms with van der Waals surface area (Å²) in [6.07, 6.45) is 4.36. The highest BCUT2D eigenvalue weighted by Gasteiger charge is 2.06. The van der Waals surface area contributed by atoms with Gasteiger partial charge in [0, 0.05) is 18.4 Å². The molecular formula is C20H25N3O. The number of aryl methyl sites for hydroxylation is 2. The maximum absolute atomic E-state index is 5.19. The van der Waals surface area contributed by atoms with Crippen molar-refractivity contribution in [2.75, 3.05) is 20.7 Å². The van der Waals surface area contributed by atoms with Crippen LogP contribution in [0.15, 0.2) is 48.7 Å². The summed E-state index contributed by atoms with van der Waals surface area (Å²) in [4.78, 5) is 7.04. The Morgan fingerprint density at radius 3 is 2.62 bits per heavy atom. The number of hydrogen-bond acceptors (Lipinski definition) is 3. The summed E-state index contributed by atoms with van der Waals surface area (Å²) >= 11 is 0. The van der Waals surface area contributed by atoms with E-state index in [9.17, 15) is 0 Å². The van der Waals surface area contributed by atoms with E-state index in [1.54, 1.807) is 7.11 Å². The first-order valence-corrected chi connectivity index (χ1v) is 8.41. The van der Waals surface area contributed by atoms with Crippen molar-refractivity contribution in [1.29, 1.82) is 0 Å². The van der Waals surface area contributed by atoms with E-state index >= 15 is 0 Å². The summed E-state index contributed by atoms with van der Waals surface area (Å²) < 4.78 is 7.35. The van der Waals surface area contributed by atoms with Crippen molar-refractivity contribution in [2.45, 2.75) is 26.3 Å². The second-order valence-electron chi connectivity index (χ2n) is 6.32. The Bertz CT molecular complexity index is 792. The van der Waals surface area contributed by atoms with Gasteiger partial charge < -0.3 is 14.0 Å². The molecule has 4 nitrogen and oxygen atoms in total. The predicted molar refractivity (Wildman–Crippen MR) is 97.6 cm³/mol. The Morgan fingerprint density at radius 2 is 1.92 bits per heavy atom. The minimum Gasteiger partial charge on any atom is -0.497 e. The second-order valence-corrected chi connectivity index (χ2v) is 6.32. The minimum atomic E-state index is 0.879. The first kappa shape index (κ1) is 16.5.